The van der Waals surface area contributed by atoms with Gasteiger partial charge in [-0.25, -0.2) is 0 Å². The van der Waals surface area contributed by atoms with Crippen molar-refractivity contribution in [1.82, 2.24) is 15.1 Å². The molecule has 0 aliphatic carbocycles. The number of nitrogens with one attached hydrogen (secondary N) is 1. The summed E-state index contributed by atoms with van der Waals surface area (Å²) in [5.41, 5.74) is 3.04. The Hall–Kier alpha value is -1.79. The molecule has 1 amide bonds. The fourth-order valence-corrected chi connectivity index (χ4v) is 5.78. The van der Waals surface area contributed by atoms with E-state index in [4.69, 9.17) is 23.2 Å². The highest BCUT2D eigenvalue weighted by Crippen LogP contribution is 2.37. The van der Waals surface area contributed by atoms with Crippen molar-refractivity contribution in [1.29, 1.82) is 0 Å². The van der Waals surface area contributed by atoms with Gasteiger partial charge in [0.25, 0.3) is 0 Å². The molecule has 1 N–H and O–H groups in total. The number of amides is 1. The van der Waals surface area contributed by atoms with E-state index in [0.717, 1.165) is 25.3 Å². The maximum Gasteiger partial charge on any atom is 0.228 e. The summed E-state index contributed by atoms with van der Waals surface area (Å²) in [6, 6.07) is 15.6. The Labute approximate surface area is 220 Å². The van der Waals surface area contributed by atoms with E-state index in [0.29, 0.717) is 41.8 Å². The summed E-state index contributed by atoms with van der Waals surface area (Å²) in [6.45, 7) is 15.5. The lowest BCUT2D eigenvalue weighted by Gasteiger charge is -2.45. The zero-order valence-electron chi connectivity index (χ0n) is 21.5. The second-order valence-electron chi connectivity index (χ2n) is 11.1. The van der Waals surface area contributed by atoms with Crippen LogP contribution < -0.4 is 10.2 Å². The van der Waals surface area contributed by atoms with Gasteiger partial charge in [0.1, 0.15) is 0 Å². The second-order valence-corrected chi connectivity index (χ2v) is 11.9. The van der Waals surface area contributed by atoms with Crippen molar-refractivity contribution >= 4 is 34.8 Å². The van der Waals surface area contributed by atoms with Crippen LogP contribution in [0.1, 0.15) is 51.8 Å². The fraction of sp³-hybridized carbons (Fsp3) is 0.536. The van der Waals surface area contributed by atoms with Crippen LogP contribution in [0.5, 0.6) is 0 Å². The molecule has 2 heterocycles. The molecule has 2 fully saturated rings. The molecular formula is C28H38Cl2N4O. The minimum absolute atomic E-state index is 0.0137. The first-order valence-corrected chi connectivity index (χ1v) is 13.4. The Morgan fingerprint density at radius 1 is 1.00 bits per heavy atom. The predicted octanol–water partition coefficient (Wildman–Crippen LogP) is 5.61. The van der Waals surface area contributed by atoms with Crippen LogP contribution in [0.4, 0.5) is 5.69 Å². The van der Waals surface area contributed by atoms with Gasteiger partial charge in [-0.05, 0) is 43.2 Å². The van der Waals surface area contributed by atoms with Gasteiger partial charge < -0.3 is 15.1 Å². The van der Waals surface area contributed by atoms with E-state index in [-0.39, 0.29) is 11.9 Å². The van der Waals surface area contributed by atoms with Gasteiger partial charge in [-0.3, -0.25) is 9.69 Å². The molecule has 0 bridgehead atoms. The van der Waals surface area contributed by atoms with Gasteiger partial charge in [0, 0.05) is 61.8 Å². The molecule has 0 aromatic heterocycles. The van der Waals surface area contributed by atoms with Crippen LogP contribution in [0, 0.1) is 5.41 Å². The molecule has 190 valence electrons. The molecule has 0 radical (unpaired) electrons. The summed E-state index contributed by atoms with van der Waals surface area (Å²) in [7, 11) is 0. The summed E-state index contributed by atoms with van der Waals surface area (Å²) in [5.74, 6) is 0.183. The molecule has 2 aromatic rings. The third-order valence-corrected chi connectivity index (χ3v) is 7.81. The van der Waals surface area contributed by atoms with Gasteiger partial charge >= 0.3 is 0 Å². The summed E-state index contributed by atoms with van der Waals surface area (Å²) in [5, 5.41) is 4.76. The van der Waals surface area contributed by atoms with Gasteiger partial charge in [0.05, 0.1) is 16.8 Å². The molecule has 2 aliphatic heterocycles. The van der Waals surface area contributed by atoms with Crippen LogP contribution in [-0.4, -0.2) is 60.5 Å². The van der Waals surface area contributed by atoms with Crippen LogP contribution >= 0.6 is 23.2 Å². The molecule has 4 rings (SSSR count). The number of anilines is 1. The number of hydrogen-bond donors (Lipinski definition) is 1. The minimum Gasteiger partial charge on any atom is -0.360 e. The van der Waals surface area contributed by atoms with Crippen LogP contribution in [0.25, 0.3) is 0 Å². The number of rotatable bonds is 4. The Bertz CT molecular complexity index is 1030. The first-order chi connectivity index (χ1) is 16.5. The molecule has 3 atom stereocenters. The van der Waals surface area contributed by atoms with Gasteiger partial charge in [0.15, 0.2) is 0 Å². The SMILES string of the molecule is C[C@@H]1CNC[C@H](C)N1Cc1ccc([C@@H]2CN(C(=O)C(C)(C)C)CCN2c2ccc(Cl)cc2Cl)cc1. The van der Waals surface area contributed by atoms with Crippen molar-refractivity contribution in [2.45, 2.75) is 59.3 Å². The molecule has 2 saturated heterocycles. The smallest absolute Gasteiger partial charge is 0.228 e. The number of halogens is 2. The molecule has 35 heavy (non-hydrogen) atoms. The van der Waals surface area contributed by atoms with Crippen molar-refractivity contribution < 1.29 is 4.79 Å². The molecule has 2 aromatic carbocycles. The fourth-order valence-electron chi connectivity index (χ4n) is 5.27. The lowest BCUT2D eigenvalue weighted by atomic mass is 9.92. The molecule has 5 nitrogen and oxygen atoms in total. The first-order valence-electron chi connectivity index (χ1n) is 12.6. The van der Waals surface area contributed by atoms with Crippen LogP contribution in [0.2, 0.25) is 10.0 Å². The molecule has 0 unspecified atom stereocenters. The van der Waals surface area contributed by atoms with Crippen LogP contribution in [0.15, 0.2) is 42.5 Å². The van der Waals surface area contributed by atoms with E-state index in [2.05, 4.69) is 53.2 Å². The lowest BCUT2D eigenvalue weighted by Crippen LogP contribution is -2.54. The molecule has 7 heteroatoms. The van der Waals surface area contributed by atoms with E-state index in [1.54, 1.807) is 6.07 Å². The number of nitrogens with zero attached hydrogens (tertiary/aromatic N) is 3. The number of benzene rings is 2. The third kappa shape index (κ3) is 5.96. The van der Waals surface area contributed by atoms with Crippen molar-refractivity contribution in [3.8, 4) is 0 Å². The Balaban J connectivity index is 1.60. The van der Waals surface area contributed by atoms with Gasteiger partial charge in [0.2, 0.25) is 5.91 Å². The summed E-state index contributed by atoms with van der Waals surface area (Å²) in [4.78, 5) is 20.0. The number of piperazine rings is 2. The van der Waals surface area contributed by atoms with E-state index in [9.17, 15) is 4.79 Å². The Kier molecular flexibility index (Phi) is 8.02. The highest BCUT2D eigenvalue weighted by molar-refractivity contribution is 6.36. The van der Waals surface area contributed by atoms with E-state index < -0.39 is 5.41 Å². The number of carbonyl (C=O) groups excluding carboxylic acids is 1. The van der Waals surface area contributed by atoms with Crippen LogP contribution in [0.3, 0.4) is 0 Å². The summed E-state index contributed by atoms with van der Waals surface area (Å²) >= 11 is 12.8. The van der Waals surface area contributed by atoms with Gasteiger partial charge in [-0.1, -0.05) is 68.2 Å². The van der Waals surface area contributed by atoms with Crippen molar-refractivity contribution in [2.24, 2.45) is 5.41 Å². The maximum atomic E-state index is 13.1. The monoisotopic (exact) mass is 516 g/mol. The normalized spacial score (nSPS) is 24.0. The minimum atomic E-state index is -0.412. The van der Waals surface area contributed by atoms with Crippen molar-refractivity contribution in [3.05, 3.63) is 63.6 Å². The maximum absolute atomic E-state index is 13.1. The molecule has 0 spiro atoms. The Morgan fingerprint density at radius 3 is 2.26 bits per heavy atom. The predicted molar refractivity (Wildman–Crippen MR) is 146 cm³/mol. The van der Waals surface area contributed by atoms with Crippen LogP contribution in [-0.2, 0) is 11.3 Å². The average Bonchev–Trinajstić information content (AvgIpc) is 2.81. The largest absolute Gasteiger partial charge is 0.360 e. The standard InChI is InChI=1S/C28H38Cl2N4O/c1-19-15-31-16-20(2)34(19)17-21-6-8-22(9-7-21)26-18-32(27(35)28(3,4)5)12-13-33(26)25-11-10-23(29)14-24(25)30/h6-11,14,19-20,26,31H,12-13,15-18H2,1-5H3/t19-,20+,26-/m0/s1. The quantitative estimate of drug-likeness (QED) is 0.572. The van der Waals surface area contributed by atoms with Crippen molar-refractivity contribution in [3.63, 3.8) is 0 Å². The Morgan fingerprint density at radius 2 is 1.66 bits per heavy atom. The second kappa shape index (κ2) is 10.7. The average molecular weight is 518 g/mol. The number of hydrogen-bond acceptors (Lipinski definition) is 4. The van der Waals surface area contributed by atoms with E-state index >= 15 is 0 Å². The zero-order valence-corrected chi connectivity index (χ0v) is 23.0. The molecular weight excluding hydrogens is 479 g/mol. The number of carbonyl (C=O) groups is 1. The molecule has 0 saturated carbocycles. The van der Waals surface area contributed by atoms with E-state index in [1.807, 2.05) is 37.8 Å². The highest BCUT2D eigenvalue weighted by atomic mass is 35.5. The van der Waals surface area contributed by atoms with Gasteiger partial charge in [-0.2, -0.15) is 0 Å². The molecule has 2 aliphatic rings. The van der Waals surface area contributed by atoms with Crippen molar-refractivity contribution in [2.75, 3.05) is 37.6 Å². The topological polar surface area (TPSA) is 38.8 Å². The van der Waals surface area contributed by atoms with E-state index in [1.165, 1.54) is 11.1 Å². The summed E-state index contributed by atoms with van der Waals surface area (Å²) in [6.07, 6.45) is 0. The highest BCUT2D eigenvalue weighted by Gasteiger charge is 2.35. The summed E-state index contributed by atoms with van der Waals surface area (Å²) < 4.78 is 0. The third-order valence-electron chi connectivity index (χ3n) is 7.27. The zero-order chi connectivity index (χ0) is 25.3. The lowest BCUT2D eigenvalue weighted by molar-refractivity contribution is -0.140. The van der Waals surface area contributed by atoms with Gasteiger partial charge in [-0.15, -0.1) is 0 Å². The first kappa shape index (κ1) is 26.3.